The number of nitrogens with zero attached hydrogens (tertiary/aromatic N) is 1. The Morgan fingerprint density at radius 2 is 1.73 bits per heavy atom. The van der Waals surface area contributed by atoms with E-state index >= 15 is 0 Å². The van der Waals surface area contributed by atoms with Gasteiger partial charge >= 0.3 is 5.97 Å². The third kappa shape index (κ3) is 6.34. The van der Waals surface area contributed by atoms with E-state index in [9.17, 15) is 9.59 Å². The van der Waals surface area contributed by atoms with Crippen molar-refractivity contribution in [3.8, 4) is 5.75 Å². The van der Waals surface area contributed by atoms with Crippen LogP contribution >= 0.6 is 0 Å². The summed E-state index contributed by atoms with van der Waals surface area (Å²) in [6.45, 7) is 0.656. The van der Waals surface area contributed by atoms with Crippen molar-refractivity contribution >= 4 is 28.5 Å². The zero-order valence-corrected chi connectivity index (χ0v) is 17.1. The number of H-pyrrole nitrogens is 1. The number of benzene rings is 2. The lowest BCUT2D eigenvalue weighted by Crippen LogP contribution is -2.11. The summed E-state index contributed by atoms with van der Waals surface area (Å²) in [6, 6.07) is 14.8. The normalized spacial score (nSPS) is 10.7. The number of carbonyl (C=O) groups excluding carboxylic acids is 1. The molecular weight excluding hydrogens is 382 g/mol. The van der Waals surface area contributed by atoms with Gasteiger partial charge in [-0.1, -0.05) is 31.4 Å². The van der Waals surface area contributed by atoms with E-state index in [4.69, 9.17) is 4.74 Å². The first-order valence-electron chi connectivity index (χ1n) is 10.2. The number of methoxy groups -OCH3 is 1. The highest BCUT2D eigenvalue weighted by molar-refractivity contribution is 5.78. The third-order valence-electron chi connectivity index (χ3n) is 4.75. The highest BCUT2D eigenvalue weighted by Crippen LogP contribution is 2.19. The van der Waals surface area contributed by atoms with Crippen molar-refractivity contribution in [1.82, 2.24) is 9.97 Å². The van der Waals surface area contributed by atoms with Gasteiger partial charge in [0.15, 0.2) is 0 Å². The Kier molecular flexibility index (Phi) is 7.83. The molecule has 0 saturated carbocycles. The van der Waals surface area contributed by atoms with Gasteiger partial charge in [0, 0.05) is 12.1 Å². The standard InChI is InChI=1S/C23H27N3O4/c1-29-21(27)11-5-3-2-4-8-16-30-18-14-12-17(13-15-18)24-23-25-20-10-7-6-9-19(20)22(28)26-23/h6-7,9-10,12-15H,2-5,8,11,16H2,1H3,(H2,24,25,26,28). The molecule has 0 radical (unpaired) electrons. The lowest BCUT2D eigenvalue weighted by molar-refractivity contribution is -0.140. The van der Waals surface area contributed by atoms with Crippen LogP contribution in [0, 0.1) is 0 Å². The van der Waals surface area contributed by atoms with E-state index in [0.29, 0.717) is 29.9 Å². The number of hydrogen-bond donors (Lipinski definition) is 2. The van der Waals surface area contributed by atoms with Gasteiger partial charge in [0.2, 0.25) is 5.95 Å². The van der Waals surface area contributed by atoms with E-state index in [0.717, 1.165) is 43.5 Å². The van der Waals surface area contributed by atoms with Crippen LogP contribution in [-0.4, -0.2) is 29.7 Å². The summed E-state index contributed by atoms with van der Waals surface area (Å²) >= 11 is 0. The van der Waals surface area contributed by atoms with Gasteiger partial charge in [-0.15, -0.1) is 0 Å². The highest BCUT2D eigenvalue weighted by Gasteiger charge is 2.04. The molecule has 2 aromatic carbocycles. The van der Waals surface area contributed by atoms with E-state index in [1.54, 1.807) is 6.07 Å². The minimum absolute atomic E-state index is 0.140. The van der Waals surface area contributed by atoms with Crippen LogP contribution in [0.4, 0.5) is 11.6 Å². The molecule has 0 spiro atoms. The number of aromatic amines is 1. The van der Waals surface area contributed by atoms with E-state index in [-0.39, 0.29) is 11.5 Å². The summed E-state index contributed by atoms with van der Waals surface area (Å²) in [6.07, 6.45) is 5.53. The first-order valence-corrected chi connectivity index (χ1v) is 10.2. The maximum absolute atomic E-state index is 12.1. The monoisotopic (exact) mass is 409 g/mol. The number of para-hydroxylation sites is 1. The van der Waals surface area contributed by atoms with Crippen LogP contribution < -0.4 is 15.6 Å². The van der Waals surface area contributed by atoms with E-state index in [1.807, 2.05) is 42.5 Å². The number of carbonyl (C=O) groups is 1. The quantitative estimate of drug-likeness (QED) is 0.356. The number of nitrogens with one attached hydrogen (secondary N) is 2. The second kappa shape index (κ2) is 11.0. The van der Waals surface area contributed by atoms with Gasteiger partial charge in [0.1, 0.15) is 5.75 Å². The predicted octanol–water partition coefficient (Wildman–Crippen LogP) is 4.56. The molecule has 0 unspecified atom stereocenters. The van der Waals surface area contributed by atoms with Crippen molar-refractivity contribution in [2.45, 2.75) is 38.5 Å². The molecule has 7 heteroatoms. The fourth-order valence-electron chi connectivity index (χ4n) is 3.11. The zero-order valence-electron chi connectivity index (χ0n) is 17.1. The molecule has 30 heavy (non-hydrogen) atoms. The van der Waals surface area contributed by atoms with Crippen LogP contribution in [0.2, 0.25) is 0 Å². The Hall–Kier alpha value is -3.35. The molecule has 0 fully saturated rings. The van der Waals surface area contributed by atoms with Crippen molar-refractivity contribution < 1.29 is 14.3 Å². The number of anilines is 2. The fraction of sp³-hybridized carbons (Fsp3) is 0.348. The molecule has 0 bridgehead atoms. The van der Waals surface area contributed by atoms with Gasteiger partial charge in [-0.25, -0.2) is 4.98 Å². The van der Waals surface area contributed by atoms with Crippen molar-refractivity contribution in [3.63, 3.8) is 0 Å². The third-order valence-corrected chi connectivity index (χ3v) is 4.75. The molecule has 3 aromatic rings. The van der Waals surface area contributed by atoms with Crippen molar-refractivity contribution in [3.05, 3.63) is 58.9 Å². The first-order chi connectivity index (χ1) is 14.7. The lowest BCUT2D eigenvalue weighted by Gasteiger charge is -2.09. The molecule has 0 amide bonds. The number of rotatable bonds is 11. The minimum Gasteiger partial charge on any atom is -0.494 e. The Morgan fingerprint density at radius 3 is 2.53 bits per heavy atom. The van der Waals surface area contributed by atoms with Crippen molar-refractivity contribution in [1.29, 1.82) is 0 Å². The SMILES string of the molecule is COC(=O)CCCCCCCOc1ccc(Nc2nc3ccccc3c(=O)[nH]2)cc1. The summed E-state index contributed by atoms with van der Waals surface area (Å²) < 4.78 is 10.4. The van der Waals surface area contributed by atoms with Crippen LogP contribution in [0.5, 0.6) is 5.75 Å². The second-order valence-electron chi connectivity index (χ2n) is 7.02. The van der Waals surface area contributed by atoms with Crippen LogP contribution in [-0.2, 0) is 9.53 Å². The first kappa shape index (κ1) is 21.4. The van der Waals surface area contributed by atoms with E-state index in [1.165, 1.54) is 7.11 Å². The summed E-state index contributed by atoms with van der Waals surface area (Å²) in [5, 5.41) is 3.68. The average Bonchev–Trinajstić information content (AvgIpc) is 2.76. The summed E-state index contributed by atoms with van der Waals surface area (Å²) in [5.74, 6) is 1.06. The molecular formula is C23H27N3O4. The molecule has 0 atom stereocenters. The van der Waals surface area contributed by atoms with Gasteiger partial charge in [-0.05, 0) is 49.2 Å². The largest absolute Gasteiger partial charge is 0.494 e. The molecule has 1 aromatic heterocycles. The van der Waals surface area contributed by atoms with Crippen LogP contribution in [0.25, 0.3) is 10.9 Å². The average molecular weight is 409 g/mol. The molecule has 0 aliphatic carbocycles. The van der Waals surface area contributed by atoms with Gasteiger partial charge in [-0.3, -0.25) is 14.6 Å². The Bertz CT molecular complexity index is 1010. The Morgan fingerprint density at radius 1 is 1.00 bits per heavy atom. The van der Waals surface area contributed by atoms with Crippen molar-refractivity contribution in [2.24, 2.45) is 0 Å². The predicted molar refractivity (Wildman–Crippen MR) is 117 cm³/mol. The summed E-state index contributed by atoms with van der Waals surface area (Å²) in [5.41, 5.74) is 1.29. The number of esters is 1. The van der Waals surface area contributed by atoms with Gasteiger partial charge in [0.05, 0.1) is 24.6 Å². The molecule has 0 aliphatic rings. The highest BCUT2D eigenvalue weighted by atomic mass is 16.5. The lowest BCUT2D eigenvalue weighted by atomic mass is 10.1. The molecule has 0 saturated heterocycles. The van der Waals surface area contributed by atoms with E-state index in [2.05, 4.69) is 20.0 Å². The Labute approximate surface area is 175 Å². The van der Waals surface area contributed by atoms with Crippen LogP contribution in [0.3, 0.4) is 0 Å². The maximum atomic E-state index is 12.1. The number of unbranched alkanes of at least 4 members (excludes halogenated alkanes) is 4. The Balaban J connectivity index is 1.40. The smallest absolute Gasteiger partial charge is 0.305 e. The van der Waals surface area contributed by atoms with Gasteiger partial charge in [0.25, 0.3) is 5.56 Å². The van der Waals surface area contributed by atoms with Crippen LogP contribution in [0.1, 0.15) is 38.5 Å². The van der Waals surface area contributed by atoms with Gasteiger partial charge in [-0.2, -0.15) is 0 Å². The summed E-state index contributed by atoms with van der Waals surface area (Å²) in [4.78, 5) is 30.4. The van der Waals surface area contributed by atoms with Crippen LogP contribution in [0.15, 0.2) is 53.3 Å². The second-order valence-corrected chi connectivity index (χ2v) is 7.02. The zero-order chi connectivity index (χ0) is 21.2. The number of ether oxygens (including phenoxy) is 2. The van der Waals surface area contributed by atoms with Gasteiger partial charge < -0.3 is 14.8 Å². The molecule has 7 nitrogen and oxygen atoms in total. The molecule has 1 heterocycles. The number of aromatic nitrogens is 2. The minimum atomic E-state index is -0.173. The fourth-order valence-corrected chi connectivity index (χ4v) is 3.11. The molecule has 158 valence electrons. The maximum Gasteiger partial charge on any atom is 0.305 e. The van der Waals surface area contributed by atoms with Crippen molar-refractivity contribution in [2.75, 3.05) is 19.0 Å². The number of fused-ring (bicyclic) bond motifs is 1. The molecule has 3 rings (SSSR count). The van der Waals surface area contributed by atoms with E-state index < -0.39 is 0 Å². The molecule has 2 N–H and O–H groups in total. The topological polar surface area (TPSA) is 93.3 Å². The molecule has 0 aliphatic heterocycles. The number of hydrogen-bond acceptors (Lipinski definition) is 6. The summed E-state index contributed by atoms with van der Waals surface area (Å²) in [7, 11) is 1.42.